The summed E-state index contributed by atoms with van der Waals surface area (Å²) >= 11 is 0. The number of hydrogen-bond donors (Lipinski definition) is 2. The van der Waals surface area contributed by atoms with Crippen molar-refractivity contribution in [1.29, 1.82) is 5.26 Å². The minimum atomic E-state index is -0.0252. The molecular weight excluding hydrogens is 142 g/mol. The topological polar surface area (TPSA) is 64.9 Å². The van der Waals surface area contributed by atoms with Crippen molar-refractivity contribution < 1.29 is 4.79 Å². The average Bonchev–Trinajstić information content (AvgIpc) is 1.86. The second-order valence-corrected chi connectivity index (χ2v) is 2.51. The molecule has 0 atom stereocenters. The maximum atomic E-state index is 10.9. The lowest BCUT2D eigenvalue weighted by molar-refractivity contribution is -0.121. The molecule has 11 heavy (non-hydrogen) atoms. The van der Waals surface area contributed by atoms with Gasteiger partial charge in [-0.1, -0.05) is 0 Å². The minimum Gasteiger partial charge on any atom is -0.354 e. The molecular formula is C7H13N3O. The molecule has 0 radical (unpaired) electrons. The maximum absolute atomic E-state index is 10.9. The summed E-state index contributed by atoms with van der Waals surface area (Å²) in [6.07, 6.45) is 2.10. The highest BCUT2D eigenvalue weighted by Crippen LogP contribution is 1.81. The number of nitriles is 1. The fourth-order valence-corrected chi connectivity index (χ4v) is 0.626. The molecule has 0 saturated heterocycles. The standard InChI is InChI=1S/C7H13N3O/c1-6(2)10-7(11)3-4-9-5-8/h6,9H,3-4H2,1-2H3,(H,10,11). The van der Waals surface area contributed by atoms with Crippen LogP contribution >= 0.6 is 0 Å². The van der Waals surface area contributed by atoms with Crippen LogP contribution in [0.5, 0.6) is 0 Å². The van der Waals surface area contributed by atoms with Crippen molar-refractivity contribution in [3.05, 3.63) is 0 Å². The Bertz CT molecular complexity index is 160. The Morgan fingerprint density at radius 2 is 2.27 bits per heavy atom. The van der Waals surface area contributed by atoms with E-state index in [0.29, 0.717) is 13.0 Å². The second kappa shape index (κ2) is 5.54. The summed E-state index contributed by atoms with van der Waals surface area (Å²) in [5.74, 6) is -0.0252. The molecule has 0 aromatic heterocycles. The molecule has 0 spiro atoms. The van der Waals surface area contributed by atoms with Crippen LogP contribution in [0.1, 0.15) is 20.3 Å². The van der Waals surface area contributed by atoms with Crippen LogP contribution in [-0.4, -0.2) is 18.5 Å². The minimum absolute atomic E-state index is 0.0252. The summed E-state index contributed by atoms with van der Waals surface area (Å²) in [6.45, 7) is 4.21. The Morgan fingerprint density at radius 3 is 2.73 bits per heavy atom. The molecule has 0 aromatic carbocycles. The Hall–Kier alpha value is -1.24. The number of nitrogens with zero attached hydrogens (tertiary/aromatic N) is 1. The average molecular weight is 155 g/mol. The lowest BCUT2D eigenvalue weighted by Crippen LogP contribution is -2.31. The predicted octanol–water partition coefficient (Wildman–Crippen LogP) is -0.0282. The molecule has 0 unspecified atom stereocenters. The highest BCUT2D eigenvalue weighted by atomic mass is 16.1. The SMILES string of the molecule is CC(C)NC(=O)CCNC#N. The molecule has 0 heterocycles. The molecule has 0 fully saturated rings. The Kier molecular flexibility index (Phi) is 4.91. The highest BCUT2D eigenvalue weighted by molar-refractivity contribution is 5.76. The molecule has 0 aliphatic rings. The highest BCUT2D eigenvalue weighted by Gasteiger charge is 2.00. The molecule has 0 saturated carbocycles. The van der Waals surface area contributed by atoms with Crippen molar-refractivity contribution in [2.45, 2.75) is 26.3 Å². The van der Waals surface area contributed by atoms with Gasteiger partial charge in [0.1, 0.15) is 0 Å². The lowest BCUT2D eigenvalue weighted by Gasteiger charge is -2.06. The van der Waals surface area contributed by atoms with E-state index < -0.39 is 0 Å². The first-order chi connectivity index (χ1) is 5.16. The summed E-state index contributed by atoms with van der Waals surface area (Å²) in [7, 11) is 0. The van der Waals surface area contributed by atoms with E-state index >= 15 is 0 Å². The zero-order valence-electron chi connectivity index (χ0n) is 6.85. The Morgan fingerprint density at radius 1 is 1.64 bits per heavy atom. The monoisotopic (exact) mass is 155 g/mol. The van der Waals surface area contributed by atoms with Crippen LogP contribution in [0.2, 0.25) is 0 Å². The first-order valence-corrected chi connectivity index (χ1v) is 3.58. The van der Waals surface area contributed by atoms with E-state index in [-0.39, 0.29) is 11.9 Å². The molecule has 0 aromatic rings. The molecule has 0 bridgehead atoms. The summed E-state index contributed by atoms with van der Waals surface area (Å²) in [5, 5.41) is 13.2. The number of carbonyl (C=O) groups is 1. The number of carbonyl (C=O) groups excluding carboxylic acids is 1. The van der Waals surface area contributed by atoms with Gasteiger partial charge in [-0.3, -0.25) is 4.79 Å². The number of hydrogen-bond acceptors (Lipinski definition) is 3. The second-order valence-electron chi connectivity index (χ2n) is 2.51. The zero-order valence-corrected chi connectivity index (χ0v) is 6.85. The summed E-state index contributed by atoms with van der Waals surface area (Å²) in [4.78, 5) is 10.9. The fourth-order valence-electron chi connectivity index (χ4n) is 0.626. The van der Waals surface area contributed by atoms with Gasteiger partial charge in [0.15, 0.2) is 6.19 Å². The van der Waals surface area contributed by atoms with E-state index in [4.69, 9.17) is 5.26 Å². The van der Waals surface area contributed by atoms with Gasteiger partial charge in [0.05, 0.1) is 0 Å². The van der Waals surface area contributed by atoms with Gasteiger partial charge in [-0.15, -0.1) is 0 Å². The van der Waals surface area contributed by atoms with E-state index in [1.54, 1.807) is 6.19 Å². The van der Waals surface area contributed by atoms with E-state index in [0.717, 1.165) is 0 Å². The molecule has 1 amide bonds. The summed E-state index contributed by atoms with van der Waals surface area (Å²) < 4.78 is 0. The van der Waals surface area contributed by atoms with Gasteiger partial charge in [-0.25, -0.2) is 0 Å². The largest absolute Gasteiger partial charge is 0.354 e. The summed E-state index contributed by atoms with van der Waals surface area (Å²) in [5.41, 5.74) is 0. The quantitative estimate of drug-likeness (QED) is 0.340. The van der Waals surface area contributed by atoms with Crippen molar-refractivity contribution in [1.82, 2.24) is 10.6 Å². The molecule has 2 N–H and O–H groups in total. The van der Waals surface area contributed by atoms with Crippen molar-refractivity contribution in [2.75, 3.05) is 6.54 Å². The number of rotatable bonds is 4. The molecule has 4 heteroatoms. The van der Waals surface area contributed by atoms with Gasteiger partial charge in [-0.2, -0.15) is 5.26 Å². The van der Waals surface area contributed by atoms with Crippen LogP contribution < -0.4 is 10.6 Å². The van der Waals surface area contributed by atoms with Gasteiger partial charge in [0.25, 0.3) is 0 Å². The predicted molar refractivity (Wildman–Crippen MR) is 41.5 cm³/mol. The molecule has 0 aliphatic heterocycles. The Labute approximate surface area is 66.6 Å². The maximum Gasteiger partial charge on any atom is 0.221 e. The summed E-state index contributed by atoms with van der Waals surface area (Å²) in [6, 6.07) is 0.171. The van der Waals surface area contributed by atoms with Gasteiger partial charge in [0, 0.05) is 19.0 Å². The first-order valence-electron chi connectivity index (χ1n) is 3.58. The number of amides is 1. The third-order valence-corrected chi connectivity index (χ3v) is 1.01. The van der Waals surface area contributed by atoms with Crippen LogP contribution in [0.25, 0.3) is 0 Å². The van der Waals surface area contributed by atoms with Crippen molar-refractivity contribution in [2.24, 2.45) is 0 Å². The molecule has 0 rings (SSSR count). The van der Waals surface area contributed by atoms with Crippen LogP contribution in [0.15, 0.2) is 0 Å². The van der Waals surface area contributed by atoms with E-state index in [9.17, 15) is 4.79 Å². The van der Waals surface area contributed by atoms with Crippen LogP contribution in [0.4, 0.5) is 0 Å². The van der Waals surface area contributed by atoms with Crippen molar-refractivity contribution in [3.8, 4) is 6.19 Å². The molecule has 4 nitrogen and oxygen atoms in total. The van der Waals surface area contributed by atoms with Crippen LogP contribution in [0.3, 0.4) is 0 Å². The van der Waals surface area contributed by atoms with Crippen molar-refractivity contribution in [3.63, 3.8) is 0 Å². The molecule has 0 aliphatic carbocycles. The van der Waals surface area contributed by atoms with Crippen LogP contribution in [0, 0.1) is 11.5 Å². The van der Waals surface area contributed by atoms with Crippen molar-refractivity contribution >= 4 is 5.91 Å². The number of nitrogens with one attached hydrogen (secondary N) is 2. The lowest BCUT2D eigenvalue weighted by atomic mass is 10.3. The van der Waals surface area contributed by atoms with Gasteiger partial charge in [0.2, 0.25) is 5.91 Å². The van der Waals surface area contributed by atoms with E-state index in [1.807, 2.05) is 13.8 Å². The zero-order chi connectivity index (χ0) is 8.69. The van der Waals surface area contributed by atoms with Crippen LogP contribution in [-0.2, 0) is 4.79 Å². The van der Waals surface area contributed by atoms with Gasteiger partial charge >= 0.3 is 0 Å². The third kappa shape index (κ3) is 6.65. The smallest absolute Gasteiger partial charge is 0.221 e. The molecule has 62 valence electrons. The fraction of sp³-hybridized carbons (Fsp3) is 0.714. The normalized spacial score (nSPS) is 8.91. The first kappa shape index (κ1) is 9.76. The van der Waals surface area contributed by atoms with Gasteiger partial charge < -0.3 is 10.6 Å². The van der Waals surface area contributed by atoms with E-state index in [1.165, 1.54) is 0 Å². The third-order valence-electron chi connectivity index (χ3n) is 1.01. The Balaban J connectivity index is 3.32. The van der Waals surface area contributed by atoms with Gasteiger partial charge in [-0.05, 0) is 13.8 Å². The van der Waals surface area contributed by atoms with E-state index in [2.05, 4.69) is 10.6 Å².